The van der Waals surface area contributed by atoms with Crippen LogP contribution in [0.15, 0.2) is 36.5 Å². The number of pyridine rings is 1. The van der Waals surface area contributed by atoms with Crippen molar-refractivity contribution in [3.63, 3.8) is 0 Å². The summed E-state index contributed by atoms with van der Waals surface area (Å²) >= 11 is 6.26. The van der Waals surface area contributed by atoms with Gasteiger partial charge in [-0.15, -0.1) is 0 Å². The number of nitrogens with one attached hydrogen (secondary N) is 1. The van der Waals surface area contributed by atoms with Crippen LogP contribution in [-0.4, -0.2) is 41.0 Å². The molecule has 0 saturated heterocycles. The van der Waals surface area contributed by atoms with Crippen LogP contribution in [0.4, 0.5) is 0 Å². The third kappa shape index (κ3) is 5.83. The Morgan fingerprint density at radius 2 is 1.97 bits per heavy atom. The Hall–Kier alpha value is -2.90. The smallest absolute Gasteiger partial charge is 0.224 e. The Kier molecular flexibility index (Phi) is 7.65. The third-order valence-corrected chi connectivity index (χ3v) is 5.41. The summed E-state index contributed by atoms with van der Waals surface area (Å²) in [7, 11) is 1.62. The lowest BCUT2D eigenvalue weighted by Gasteiger charge is -2.09. The van der Waals surface area contributed by atoms with Crippen molar-refractivity contribution in [2.24, 2.45) is 0 Å². The number of nitrogens with zero attached hydrogens (tertiary/aromatic N) is 3. The van der Waals surface area contributed by atoms with E-state index in [4.69, 9.17) is 21.1 Å². The van der Waals surface area contributed by atoms with E-state index in [-0.39, 0.29) is 12.3 Å². The minimum atomic E-state index is -0.0758. The fraction of sp³-hybridized carbons (Fsp3) is 0.348. The largest absolute Gasteiger partial charge is 0.475 e. The highest BCUT2D eigenvalue weighted by atomic mass is 35.5. The van der Waals surface area contributed by atoms with Crippen LogP contribution in [0.2, 0.25) is 5.02 Å². The van der Waals surface area contributed by atoms with Crippen LogP contribution in [0.3, 0.4) is 0 Å². The SMILES string of the molecule is COCCOc1ccc(CNC(=O)Cc2c(C)nn(-c3ccc(C)c(Cl)c3)c2C)cn1. The van der Waals surface area contributed by atoms with E-state index in [2.05, 4.69) is 15.4 Å². The highest BCUT2D eigenvalue weighted by molar-refractivity contribution is 6.31. The molecule has 8 heteroatoms. The zero-order valence-corrected chi connectivity index (χ0v) is 19.0. The number of aromatic nitrogens is 3. The molecular weight excluding hydrogens is 416 g/mol. The highest BCUT2D eigenvalue weighted by Gasteiger charge is 2.16. The molecule has 2 heterocycles. The van der Waals surface area contributed by atoms with Crippen molar-refractivity contribution in [1.82, 2.24) is 20.1 Å². The first-order chi connectivity index (χ1) is 14.9. The zero-order chi connectivity index (χ0) is 22.4. The Balaban J connectivity index is 1.60. The molecule has 7 nitrogen and oxygen atoms in total. The Labute approximate surface area is 187 Å². The molecule has 0 aliphatic heterocycles. The predicted molar refractivity (Wildman–Crippen MR) is 120 cm³/mol. The van der Waals surface area contributed by atoms with Gasteiger partial charge in [-0.25, -0.2) is 9.67 Å². The second-order valence-electron chi connectivity index (χ2n) is 7.29. The lowest BCUT2D eigenvalue weighted by molar-refractivity contribution is -0.120. The number of carbonyl (C=O) groups is 1. The van der Waals surface area contributed by atoms with Gasteiger partial charge in [-0.3, -0.25) is 4.79 Å². The van der Waals surface area contributed by atoms with Gasteiger partial charge in [0.05, 0.1) is 24.4 Å². The molecule has 0 unspecified atom stereocenters. The Morgan fingerprint density at radius 1 is 1.16 bits per heavy atom. The number of aryl methyl sites for hydroxylation is 2. The number of benzene rings is 1. The van der Waals surface area contributed by atoms with E-state index >= 15 is 0 Å². The fourth-order valence-corrected chi connectivity index (χ4v) is 3.32. The second kappa shape index (κ2) is 10.4. The van der Waals surface area contributed by atoms with E-state index in [1.54, 1.807) is 19.4 Å². The van der Waals surface area contributed by atoms with Crippen molar-refractivity contribution in [3.05, 3.63) is 69.6 Å². The van der Waals surface area contributed by atoms with Crippen LogP contribution in [-0.2, 0) is 22.5 Å². The second-order valence-corrected chi connectivity index (χ2v) is 7.70. The molecule has 0 aliphatic rings. The normalized spacial score (nSPS) is 10.9. The summed E-state index contributed by atoms with van der Waals surface area (Å²) in [5.41, 5.74) is 5.44. The first kappa shape index (κ1) is 22.8. The van der Waals surface area contributed by atoms with Gasteiger partial charge in [-0.1, -0.05) is 23.7 Å². The van der Waals surface area contributed by atoms with E-state index in [9.17, 15) is 4.79 Å². The average molecular weight is 443 g/mol. The van der Waals surface area contributed by atoms with Crippen LogP contribution in [0.5, 0.6) is 5.88 Å². The minimum Gasteiger partial charge on any atom is -0.475 e. The molecule has 1 amide bonds. The molecule has 3 rings (SSSR count). The molecule has 3 aromatic rings. The summed E-state index contributed by atoms with van der Waals surface area (Å²) in [6.07, 6.45) is 1.95. The molecule has 0 saturated carbocycles. The number of halogens is 1. The number of methoxy groups -OCH3 is 1. The van der Waals surface area contributed by atoms with Crippen LogP contribution < -0.4 is 10.1 Å². The molecule has 2 aromatic heterocycles. The number of hydrogen-bond donors (Lipinski definition) is 1. The van der Waals surface area contributed by atoms with Crippen molar-refractivity contribution >= 4 is 17.5 Å². The van der Waals surface area contributed by atoms with E-state index in [0.29, 0.717) is 30.7 Å². The molecular formula is C23H27ClN4O3. The van der Waals surface area contributed by atoms with Crippen molar-refractivity contribution < 1.29 is 14.3 Å². The summed E-state index contributed by atoms with van der Waals surface area (Å²) in [5, 5.41) is 8.24. The minimum absolute atomic E-state index is 0.0758. The van der Waals surface area contributed by atoms with Gasteiger partial charge in [0.15, 0.2) is 0 Å². The summed E-state index contributed by atoms with van der Waals surface area (Å²) < 4.78 is 12.2. The van der Waals surface area contributed by atoms with Gasteiger partial charge in [0, 0.05) is 42.2 Å². The molecule has 0 radical (unpaired) electrons. The van der Waals surface area contributed by atoms with Crippen molar-refractivity contribution in [1.29, 1.82) is 0 Å². The van der Waals surface area contributed by atoms with Gasteiger partial charge >= 0.3 is 0 Å². The predicted octanol–water partition coefficient (Wildman–Crippen LogP) is 3.73. The van der Waals surface area contributed by atoms with E-state index < -0.39 is 0 Å². The third-order valence-electron chi connectivity index (χ3n) is 5.00. The summed E-state index contributed by atoms with van der Waals surface area (Å²) in [6, 6.07) is 9.48. The summed E-state index contributed by atoms with van der Waals surface area (Å²) in [6.45, 7) is 7.17. The standard InChI is InChI=1S/C23H27ClN4O3/c1-15-5-7-19(11-21(15)24)28-17(3)20(16(2)27-28)12-22(29)25-13-18-6-8-23(26-14-18)31-10-9-30-4/h5-8,11,14H,9-10,12-13H2,1-4H3,(H,25,29). The Morgan fingerprint density at radius 3 is 2.65 bits per heavy atom. The maximum Gasteiger partial charge on any atom is 0.224 e. The monoisotopic (exact) mass is 442 g/mol. The zero-order valence-electron chi connectivity index (χ0n) is 18.2. The lowest BCUT2D eigenvalue weighted by atomic mass is 10.1. The van der Waals surface area contributed by atoms with Crippen molar-refractivity contribution in [2.45, 2.75) is 33.7 Å². The topological polar surface area (TPSA) is 78.3 Å². The maximum atomic E-state index is 12.5. The quantitative estimate of drug-likeness (QED) is 0.511. The number of hydrogen-bond acceptors (Lipinski definition) is 5. The van der Waals surface area contributed by atoms with Crippen LogP contribution in [0, 0.1) is 20.8 Å². The average Bonchev–Trinajstić information content (AvgIpc) is 3.03. The van der Waals surface area contributed by atoms with Crippen molar-refractivity contribution in [3.8, 4) is 11.6 Å². The number of ether oxygens (including phenoxy) is 2. The number of carbonyl (C=O) groups excluding carboxylic acids is 1. The molecule has 0 spiro atoms. The molecule has 1 N–H and O–H groups in total. The van der Waals surface area contributed by atoms with Crippen molar-refractivity contribution in [2.75, 3.05) is 20.3 Å². The van der Waals surface area contributed by atoms with Gasteiger partial charge in [-0.2, -0.15) is 5.10 Å². The summed E-state index contributed by atoms with van der Waals surface area (Å²) in [5.74, 6) is 0.454. The molecule has 0 atom stereocenters. The molecule has 0 aliphatic carbocycles. The van der Waals surface area contributed by atoms with Gasteiger partial charge in [0.1, 0.15) is 6.61 Å². The maximum absolute atomic E-state index is 12.5. The number of amides is 1. The van der Waals surface area contributed by atoms with E-state index in [0.717, 1.165) is 33.8 Å². The van der Waals surface area contributed by atoms with Gasteiger partial charge in [0.2, 0.25) is 11.8 Å². The van der Waals surface area contributed by atoms with Gasteiger partial charge in [0.25, 0.3) is 0 Å². The lowest BCUT2D eigenvalue weighted by Crippen LogP contribution is -2.25. The first-order valence-electron chi connectivity index (χ1n) is 10.0. The summed E-state index contributed by atoms with van der Waals surface area (Å²) in [4.78, 5) is 16.8. The van der Waals surface area contributed by atoms with E-state index in [1.165, 1.54) is 0 Å². The highest BCUT2D eigenvalue weighted by Crippen LogP contribution is 2.23. The van der Waals surface area contributed by atoms with Gasteiger partial charge < -0.3 is 14.8 Å². The number of rotatable bonds is 9. The molecule has 1 aromatic carbocycles. The molecule has 0 fully saturated rings. The van der Waals surface area contributed by atoms with Crippen LogP contribution >= 0.6 is 11.6 Å². The van der Waals surface area contributed by atoms with Gasteiger partial charge in [-0.05, 0) is 44.0 Å². The van der Waals surface area contributed by atoms with Crippen LogP contribution in [0.1, 0.15) is 28.1 Å². The molecule has 31 heavy (non-hydrogen) atoms. The first-order valence-corrected chi connectivity index (χ1v) is 10.4. The molecule has 164 valence electrons. The van der Waals surface area contributed by atoms with E-state index in [1.807, 2.05) is 49.7 Å². The fourth-order valence-electron chi connectivity index (χ4n) is 3.15. The van der Waals surface area contributed by atoms with Crippen LogP contribution in [0.25, 0.3) is 5.69 Å². The Bertz CT molecular complexity index is 1050. The molecule has 0 bridgehead atoms.